The second kappa shape index (κ2) is 8.01. The van der Waals surface area contributed by atoms with Crippen molar-refractivity contribution in [1.29, 1.82) is 0 Å². The second-order valence-corrected chi connectivity index (χ2v) is 6.83. The normalized spacial score (nSPS) is 11.5. The Kier molecular flexibility index (Phi) is 5.68. The van der Waals surface area contributed by atoms with Crippen molar-refractivity contribution in [3.05, 3.63) is 76.0 Å². The summed E-state index contributed by atoms with van der Waals surface area (Å²) in [5.41, 5.74) is -0.944. The summed E-state index contributed by atoms with van der Waals surface area (Å²) in [4.78, 5) is 13.2. The molecule has 1 heterocycles. The van der Waals surface area contributed by atoms with Gasteiger partial charge in [-0.2, -0.15) is 13.2 Å². The monoisotopic (exact) mass is 410 g/mol. The minimum atomic E-state index is -4.48. The molecule has 0 unspecified atom stereocenters. The van der Waals surface area contributed by atoms with Gasteiger partial charge in [0, 0.05) is 23.4 Å². The number of hydrogen-bond acceptors (Lipinski definition) is 5. The summed E-state index contributed by atoms with van der Waals surface area (Å²) in [6.07, 6.45) is -4.48. The van der Waals surface area contributed by atoms with Gasteiger partial charge in [0.1, 0.15) is 11.5 Å². The third-order valence-electron chi connectivity index (χ3n) is 3.77. The zero-order chi connectivity index (χ0) is 20.3. The van der Waals surface area contributed by atoms with E-state index in [0.717, 1.165) is 17.0 Å². The molecule has 3 rings (SSSR count). The molecule has 0 spiro atoms. The number of benzene rings is 2. The second-order valence-electron chi connectivity index (χ2n) is 5.78. The minimum Gasteiger partial charge on any atom is -0.324 e. The summed E-state index contributed by atoms with van der Waals surface area (Å²) in [5, 5.41) is 10.4. The topological polar surface area (TPSA) is 59.8 Å². The van der Waals surface area contributed by atoms with Crippen LogP contribution in [0, 0.1) is 5.82 Å². The van der Waals surface area contributed by atoms with E-state index in [2.05, 4.69) is 15.5 Å². The first-order chi connectivity index (χ1) is 13.2. The minimum absolute atomic E-state index is 0.0138. The van der Waals surface area contributed by atoms with Crippen LogP contribution in [0.25, 0.3) is 0 Å². The molecule has 0 atom stereocenters. The summed E-state index contributed by atoms with van der Waals surface area (Å²) in [6.45, 7) is 0. The molecule has 0 aliphatic carbocycles. The van der Waals surface area contributed by atoms with Crippen LogP contribution in [-0.2, 0) is 19.0 Å². The lowest BCUT2D eigenvalue weighted by Gasteiger charge is -2.12. The van der Waals surface area contributed by atoms with Crippen LogP contribution < -0.4 is 10.9 Å². The van der Waals surface area contributed by atoms with E-state index in [9.17, 15) is 22.4 Å². The van der Waals surface area contributed by atoms with E-state index in [1.54, 1.807) is 12.1 Å². The fourth-order valence-corrected chi connectivity index (χ4v) is 3.10. The van der Waals surface area contributed by atoms with Gasteiger partial charge in [0.15, 0.2) is 0 Å². The van der Waals surface area contributed by atoms with Gasteiger partial charge in [-0.25, -0.2) is 4.39 Å². The maximum atomic E-state index is 12.9. The highest BCUT2D eigenvalue weighted by Crippen LogP contribution is 2.31. The number of aromatic nitrogens is 3. The van der Waals surface area contributed by atoms with Crippen LogP contribution in [-0.4, -0.2) is 14.8 Å². The first kappa shape index (κ1) is 19.9. The van der Waals surface area contributed by atoms with Crippen molar-refractivity contribution in [2.24, 2.45) is 7.05 Å². The van der Waals surface area contributed by atoms with E-state index in [1.807, 2.05) is 0 Å². The maximum absolute atomic E-state index is 12.9. The predicted molar refractivity (Wildman–Crippen MR) is 98.0 cm³/mol. The van der Waals surface area contributed by atoms with Crippen molar-refractivity contribution >= 4 is 23.4 Å². The third kappa shape index (κ3) is 4.69. The number of anilines is 2. The Morgan fingerprint density at radius 3 is 2.50 bits per heavy atom. The number of nitrogens with one attached hydrogen (secondary N) is 1. The van der Waals surface area contributed by atoms with Crippen molar-refractivity contribution in [3.8, 4) is 0 Å². The Morgan fingerprint density at radius 2 is 1.82 bits per heavy atom. The van der Waals surface area contributed by atoms with E-state index in [0.29, 0.717) is 0 Å². The van der Waals surface area contributed by atoms with Crippen LogP contribution >= 0.6 is 11.8 Å². The third-order valence-corrected chi connectivity index (χ3v) is 4.79. The first-order valence-corrected chi connectivity index (χ1v) is 8.98. The average molecular weight is 410 g/mol. The van der Waals surface area contributed by atoms with Gasteiger partial charge in [-0.05, 0) is 42.5 Å². The average Bonchev–Trinajstić information content (AvgIpc) is 2.66. The molecule has 5 nitrogen and oxygen atoms in total. The molecule has 1 aromatic heterocycles. The molecule has 146 valence electrons. The van der Waals surface area contributed by atoms with Crippen molar-refractivity contribution in [2.45, 2.75) is 16.8 Å². The number of rotatable bonds is 5. The highest BCUT2D eigenvalue weighted by atomic mass is 32.2. The molecule has 0 radical (unpaired) electrons. The highest BCUT2D eigenvalue weighted by Gasteiger charge is 2.30. The van der Waals surface area contributed by atoms with Gasteiger partial charge in [-0.3, -0.25) is 9.36 Å². The molecule has 0 aliphatic rings. The Morgan fingerprint density at radius 1 is 1.11 bits per heavy atom. The van der Waals surface area contributed by atoms with E-state index in [1.165, 1.54) is 47.6 Å². The lowest BCUT2D eigenvalue weighted by molar-refractivity contribution is -0.137. The molecule has 1 N–H and O–H groups in total. The molecule has 0 aliphatic heterocycles. The fourth-order valence-electron chi connectivity index (χ4n) is 2.29. The number of halogens is 4. The van der Waals surface area contributed by atoms with Gasteiger partial charge < -0.3 is 5.32 Å². The van der Waals surface area contributed by atoms with Crippen LogP contribution in [0.1, 0.15) is 11.3 Å². The Labute approximate surface area is 161 Å². The Hall–Kier alpha value is -2.88. The number of nitrogens with zero attached hydrogens (tertiary/aromatic N) is 3. The van der Waals surface area contributed by atoms with Crippen LogP contribution in [0.2, 0.25) is 0 Å². The van der Waals surface area contributed by atoms with Gasteiger partial charge in [0.25, 0.3) is 5.56 Å². The zero-order valence-electron chi connectivity index (χ0n) is 14.5. The molecule has 0 amide bonds. The summed E-state index contributed by atoms with van der Waals surface area (Å²) in [7, 11) is 1.44. The fraction of sp³-hybridized carbons (Fsp3) is 0.167. The molecular formula is C18H14F4N4OS. The quantitative estimate of drug-likeness (QED) is 0.500. The van der Waals surface area contributed by atoms with Gasteiger partial charge in [-0.1, -0.05) is 6.07 Å². The summed E-state index contributed by atoms with van der Waals surface area (Å²) >= 11 is 1.29. The highest BCUT2D eigenvalue weighted by molar-refractivity contribution is 7.98. The summed E-state index contributed by atoms with van der Waals surface area (Å²) in [6, 6.07) is 10.4. The molecule has 28 heavy (non-hydrogen) atoms. The van der Waals surface area contributed by atoms with Gasteiger partial charge in [0.05, 0.1) is 5.56 Å². The largest absolute Gasteiger partial charge is 0.416 e. The summed E-state index contributed by atoms with van der Waals surface area (Å²) in [5.74, 6) is -0.125. The molecule has 0 saturated heterocycles. The zero-order valence-corrected chi connectivity index (χ0v) is 15.3. The van der Waals surface area contributed by atoms with E-state index >= 15 is 0 Å². The van der Waals surface area contributed by atoms with Gasteiger partial charge >= 0.3 is 6.18 Å². The van der Waals surface area contributed by atoms with Crippen molar-refractivity contribution in [3.63, 3.8) is 0 Å². The number of alkyl halides is 3. The lowest BCUT2D eigenvalue weighted by Crippen LogP contribution is -2.26. The maximum Gasteiger partial charge on any atom is 0.416 e. The molecule has 0 saturated carbocycles. The van der Waals surface area contributed by atoms with Crippen LogP contribution in [0.5, 0.6) is 0 Å². The molecule has 0 bridgehead atoms. The molecular weight excluding hydrogens is 396 g/mol. The summed E-state index contributed by atoms with van der Waals surface area (Å²) < 4.78 is 52.5. The van der Waals surface area contributed by atoms with E-state index < -0.39 is 17.3 Å². The molecule has 10 heteroatoms. The molecule has 2 aromatic carbocycles. The van der Waals surface area contributed by atoms with Crippen molar-refractivity contribution in [2.75, 3.05) is 5.32 Å². The van der Waals surface area contributed by atoms with Gasteiger partial charge in [-0.15, -0.1) is 22.0 Å². The number of hydrogen-bond donors (Lipinski definition) is 1. The Bertz CT molecular complexity index is 1030. The van der Waals surface area contributed by atoms with Gasteiger partial charge in [0.2, 0.25) is 5.95 Å². The molecule has 0 fully saturated rings. The lowest BCUT2D eigenvalue weighted by atomic mass is 10.2. The van der Waals surface area contributed by atoms with Crippen LogP contribution in [0.3, 0.4) is 0 Å². The van der Waals surface area contributed by atoms with Crippen molar-refractivity contribution in [1.82, 2.24) is 14.8 Å². The van der Waals surface area contributed by atoms with Crippen LogP contribution in [0.4, 0.5) is 29.2 Å². The van der Waals surface area contributed by atoms with E-state index in [4.69, 9.17) is 0 Å². The number of thioether (sulfide) groups is 1. The van der Waals surface area contributed by atoms with E-state index in [-0.39, 0.29) is 28.9 Å². The Balaban J connectivity index is 1.77. The van der Waals surface area contributed by atoms with Crippen molar-refractivity contribution < 1.29 is 17.6 Å². The SMILES string of the molecule is Cn1c(Nc2cccc(C(F)(F)F)c2)nnc(CSc2ccc(F)cc2)c1=O. The smallest absolute Gasteiger partial charge is 0.324 e. The first-order valence-electron chi connectivity index (χ1n) is 7.99. The standard InChI is InChI=1S/C18H14F4N4OS/c1-26-16(27)15(10-28-14-7-5-12(19)6-8-14)24-25-17(26)23-13-4-2-3-11(9-13)18(20,21)22/h2-9H,10H2,1H3,(H,23,25). The predicted octanol–water partition coefficient (Wildman–Crippen LogP) is 4.37. The molecule has 3 aromatic rings. The van der Waals surface area contributed by atoms with Crippen LogP contribution in [0.15, 0.2) is 58.2 Å².